The van der Waals surface area contributed by atoms with Crippen LogP contribution in [0.3, 0.4) is 0 Å². The lowest BCUT2D eigenvalue weighted by molar-refractivity contribution is 0.0162. The quantitative estimate of drug-likeness (QED) is 0.839. The molecule has 0 aliphatic carbocycles. The number of rotatable bonds is 5. The molecule has 0 bridgehead atoms. The first-order valence-corrected chi connectivity index (χ1v) is 10.2. The number of morpholine rings is 1. The lowest BCUT2D eigenvalue weighted by Crippen LogP contribution is -2.43. The van der Waals surface area contributed by atoms with Crippen LogP contribution >= 0.6 is 11.6 Å². The van der Waals surface area contributed by atoms with Gasteiger partial charge in [-0.2, -0.15) is 0 Å². The Morgan fingerprint density at radius 3 is 2.79 bits per heavy atom. The summed E-state index contributed by atoms with van der Waals surface area (Å²) in [5.41, 5.74) is 4.54. The molecule has 0 aromatic heterocycles. The number of benzene rings is 2. The van der Waals surface area contributed by atoms with Crippen molar-refractivity contribution >= 4 is 23.2 Å². The Morgan fingerprint density at radius 2 is 2.00 bits per heavy atom. The zero-order valence-corrected chi connectivity index (χ0v) is 16.9. The summed E-state index contributed by atoms with van der Waals surface area (Å²) in [6.45, 7) is 4.81. The first-order valence-electron chi connectivity index (χ1n) is 9.81. The average molecular weight is 400 g/mol. The molecule has 1 saturated heterocycles. The van der Waals surface area contributed by atoms with Gasteiger partial charge in [0.25, 0.3) is 5.91 Å². The number of ether oxygens (including phenoxy) is 1. The number of anilines is 1. The Kier molecular flexibility index (Phi) is 5.85. The maximum absolute atomic E-state index is 12.6. The molecule has 2 aromatic rings. The van der Waals surface area contributed by atoms with Gasteiger partial charge >= 0.3 is 0 Å². The normalized spacial score (nSPS) is 18.0. The minimum atomic E-state index is -0.0957. The van der Waals surface area contributed by atoms with Gasteiger partial charge in [0.2, 0.25) is 0 Å². The van der Waals surface area contributed by atoms with Gasteiger partial charge in [0.1, 0.15) is 0 Å². The molecule has 0 spiro atoms. The number of carbonyl (C=O) groups is 1. The molecule has 28 heavy (non-hydrogen) atoms. The van der Waals surface area contributed by atoms with Crippen LogP contribution in [0.15, 0.2) is 42.5 Å². The zero-order chi connectivity index (χ0) is 19.5. The van der Waals surface area contributed by atoms with Crippen LogP contribution < -0.4 is 10.2 Å². The minimum Gasteiger partial charge on any atom is -0.379 e. The average Bonchev–Trinajstić information content (AvgIpc) is 3.09. The molecule has 148 valence electrons. The van der Waals surface area contributed by atoms with Crippen molar-refractivity contribution in [3.05, 3.63) is 64.2 Å². The fraction of sp³-hybridized carbons (Fsp3) is 0.409. The summed E-state index contributed by atoms with van der Waals surface area (Å²) in [5.74, 6) is -0.0957. The number of nitrogens with zero attached hydrogens (tertiary/aromatic N) is 2. The van der Waals surface area contributed by atoms with E-state index in [1.807, 2.05) is 0 Å². The highest BCUT2D eigenvalue weighted by Crippen LogP contribution is 2.31. The molecule has 1 fully saturated rings. The van der Waals surface area contributed by atoms with Crippen LogP contribution in [0.4, 0.5) is 5.69 Å². The summed E-state index contributed by atoms with van der Waals surface area (Å²) < 4.78 is 5.53. The Labute approximate surface area is 171 Å². The Bertz CT molecular complexity index is 851. The van der Waals surface area contributed by atoms with Crippen LogP contribution in [0.5, 0.6) is 0 Å². The van der Waals surface area contributed by atoms with Crippen molar-refractivity contribution in [3.63, 3.8) is 0 Å². The lowest BCUT2D eigenvalue weighted by Gasteiger charge is -2.35. The monoisotopic (exact) mass is 399 g/mol. The van der Waals surface area contributed by atoms with Crippen molar-refractivity contribution in [2.24, 2.45) is 0 Å². The van der Waals surface area contributed by atoms with Crippen molar-refractivity contribution in [1.29, 1.82) is 0 Å². The molecule has 1 amide bonds. The highest BCUT2D eigenvalue weighted by Gasteiger charge is 2.25. The smallest absolute Gasteiger partial charge is 0.251 e. The Morgan fingerprint density at radius 1 is 1.18 bits per heavy atom. The van der Waals surface area contributed by atoms with Gasteiger partial charge in [0.15, 0.2) is 0 Å². The van der Waals surface area contributed by atoms with E-state index in [1.54, 1.807) is 24.3 Å². The van der Waals surface area contributed by atoms with Gasteiger partial charge in [0, 0.05) is 49.5 Å². The van der Waals surface area contributed by atoms with Crippen molar-refractivity contribution in [3.8, 4) is 0 Å². The zero-order valence-electron chi connectivity index (χ0n) is 16.2. The molecule has 6 heteroatoms. The van der Waals surface area contributed by atoms with Gasteiger partial charge < -0.3 is 15.0 Å². The van der Waals surface area contributed by atoms with E-state index >= 15 is 0 Å². The van der Waals surface area contributed by atoms with E-state index in [9.17, 15) is 4.79 Å². The van der Waals surface area contributed by atoms with Crippen LogP contribution in [0.2, 0.25) is 5.02 Å². The second-order valence-electron chi connectivity index (χ2n) is 7.44. The number of fused-ring (bicyclic) bond motifs is 1. The molecule has 2 aliphatic heterocycles. The summed E-state index contributed by atoms with van der Waals surface area (Å²) in [6.07, 6.45) is 1.07. The third-order valence-corrected chi connectivity index (χ3v) is 5.88. The van der Waals surface area contributed by atoms with Crippen molar-refractivity contribution < 1.29 is 9.53 Å². The van der Waals surface area contributed by atoms with E-state index in [0.29, 0.717) is 17.1 Å². The maximum atomic E-state index is 12.6. The molecule has 0 saturated carbocycles. The molecular weight excluding hydrogens is 374 g/mol. The first-order chi connectivity index (χ1) is 13.6. The van der Waals surface area contributed by atoms with Crippen molar-refractivity contribution in [2.45, 2.75) is 12.5 Å². The summed E-state index contributed by atoms with van der Waals surface area (Å²) in [6, 6.07) is 13.9. The van der Waals surface area contributed by atoms with Gasteiger partial charge in [-0.15, -0.1) is 0 Å². The number of hydrogen-bond donors (Lipinski definition) is 1. The molecule has 1 N–H and O–H groups in total. The number of hydrogen-bond acceptors (Lipinski definition) is 4. The van der Waals surface area contributed by atoms with Gasteiger partial charge in [-0.25, -0.2) is 0 Å². The molecule has 4 rings (SSSR count). The predicted octanol–water partition coefficient (Wildman–Crippen LogP) is 3.14. The van der Waals surface area contributed by atoms with E-state index in [2.05, 4.69) is 40.4 Å². The van der Waals surface area contributed by atoms with Crippen LogP contribution in [-0.2, 0) is 11.2 Å². The van der Waals surface area contributed by atoms with Gasteiger partial charge in [-0.3, -0.25) is 9.69 Å². The molecule has 5 nitrogen and oxygen atoms in total. The second kappa shape index (κ2) is 8.52. The molecule has 0 unspecified atom stereocenters. The highest BCUT2D eigenvalue weighted by atomic mass is 35.5. The number of halogens is 1. The predicted molar refractivity (Wildman–Crippen MR) is 112 cm³/mol. The highest BCUT2D eigenvalue weighted by molar-refractivity contribution is 6.30. The maximum Gasteiger partial charge on any atom is 0.251 e. The molecule has 1 atom stereocenters. The van der Waals surface area contributed by atoms with E-state index in [0.717, 1.165) is 39.3 Å². The third kappa shape index (κ3) is 4.17. The fourth-order valence-electron chi connectivity index (χ4n) is 4.06. The number of likely N-dealkylation sites (N-methyl/N-ethyl adjacent to an activating group) is 1. The van der Waals surface area contributed by atoms with E-state index in [1.165, 1.54) is 16.8 Å². The summed E-state index contributed by atoms with van der Waals surface area (Å²) >= 11 is 6.03. The van der Waals surface area contributed by atoms with Crippen molar-refractivity contribution in [2.75, 3.05) is 51.3 Å². The number of nitrogens with one attached hydrogen (secondary N) is 1. The van der Waals surface area contributed by atoms with E-state index < -0.39 is 0 Å². The first kappa shape index (κ1) is 19.2. The van der Waals surface area contributed by atoms with Crippen molar-refractivity contribution in [1.82, 2.24) is 10.2 Å². The Balaban J connectivity index is 1.53. The lowest BCUT2D eigenvalue weighted by atomic mass is 10.00. The van der Waals surface area contributed by atoms with Crippen LogP contribution in [0.25, 0.3) is 0 Å². The van der Waals surface area contributed by atoms with E-state index in [-0.39, 0.29) is 11.9 Å². The van der Waals surface area contributed by atoms with Crippen LogP contribution in [0.1, 0.15) is 27.5 Å². The van der Waals surface area contributed by atoms with E-state index in [4.69, 9.17) is 16.3 Å². The molecule has 0 radical (unpaired) electrons. The number of amides is 1. The third-order valence-electron chi connectivity index (χ3n) is 5.65. The van der Waals surface area contributed by atoms with Crippen LogP contribution in [0, 0.1) is 0 Å². The fourth-order valence-corrected chi connectivity index (χ4v) is 4.25. The van der Waals surface area contributed by atoms with Gasteiger partial charge in [-0.1, -0.05) is 29.8 Å². The molecular formula is C22H26ClN3O2. The largest absolute Gasteiger partial charge is 0.379 e. The van der Waals surface area contributed by atoms with Crippen LogP contribution in [-0.4, -0.2) is 57.2 Å². The van der Waals surface area contributed by atoms with Gasteiger partial charge in [0.05, 0.1) is 19.3 Å². The topological polar surface area (TPSA) is 44.8 Å². The number of carbonyl (C=O) groups excluding carboxylic acids is 1. The second-order valence-corrected chi connectivity index (χ2v) is 7.88. The summed E-state index contributed by atoms with van der Waals surface area (Å²) in [5, 5.41) is 3.68. The molecule has 2 aromatic carbocycles. The standard InChI is InChI=1S/C22H26ClN3O2/c1-25-8-7-17-13-16(5-6-20(17)25)21(26-9-11-28-12-10-26)15-24-22(27)18-3-2-4-19(23)14-18/h2-6,13-14,21H,7-12,15H2,1H3,(H,24,27)/t21-/m1/s1. The molecule has 2 aliphatic rings. The summed E-state index contributed by atoms with van der Waals surface area (Å²) in [4.78, 5) is 17.3. The minimum absolute atomic E-state index is 0.0957. The SMILES string of the molecule is CN1CCc2cc([C@@H](CNC(=O)c3cccc(Cl)c3)N3CCOCC3)ccc21. The van der Waals surface area contributed by atoms with Gasteiger partial charge in [-0.05, 0) is 41.8 Å². The molecule has 2 heterocycles. The summed E-state index contributed by atoms with van der Waals surface area (Å²) in [7, 11) is 2.14. The Hall–Kier alpha value is -2.08.